The highest BCUT2D eigenvalue weighted by Crippen LogP contribution is 2.38. The van der Waals surface area contributed by atoms with Crippen LogP contribution < -0.4 is 9.80 Å². The summed E-state index contributed by atoms with van der Waals surface area (Å²) in [6.07, 6.45) is 0. The van der Waals surface area contributed by atoms with Gasteiger partial charge in [-0.15, -0.1) is 22.7 Å². The summed E-state index contributed by atoms with van der Waals surface area (Å²) in [7, 11) is 0. The molecule has 9 rings (SSSR count). The molecule has 2 atom stereocenters. The number of hydrogen-bond donors (Lipinski definition) is 0. The smallest absolute Gasteiger partial charge is 0.0438 e. The molecule has 2 unspecified atom stereocenters. The topological polar surface area (TPSA) is 6.48 Å². The highest BCUT2D eigenvalue weighted by molar-refractivity contribution is 7.19. The van der Waals surface area contributed by atoms with Gasteiger partial charge >= 0.3 is 0 Å². The Morgan fingerprint density at radius 1 is 0.315 bits per heavy atom. The van der Waals surface area contributed by atoms with Gasteiger partial charge in [-0.1, -0.05) is 133 Å². The van der Waals surface area contributed by atoms with Crippen molar-refractivity contribution < 1.29 is 0 Å². The van der Waals surface area contributed by atoms with E-state index >= 15 is 0 Å². The highest BCUT2D eigenvalue weighted by atomic mass is 32.1. The molecule has 0 saturated carbocycles. The van der Waals surface area contributed by atoms with Crippen LogP contribution in [0.15, 0.2) is 182 Å². The molecule has 8 aromatic rings. The van der Waals surface area contributed by atoms with Gasteiger partial charge in [-0.05, 0) is 107 Å². The Hall–Kier alpha value is -5.68. The Kier molecular flexibility index (Phi) is 9.46. The van der Waals surface area contributed by atoms with Crippen molar-refractivity contribution in [2.45, 2.75) is 25.9 Å². The molecule has 1 aliphatic rings. The Labute approximate surface area is 327 Å². The first kappa shape index (κ1) is 34.1. The lowest BCUT2D eigenvalue weighted by molar-refractivity contribution is 0.481. The van der Waals surface area contributed by atoms with E-state index < -0.39 is 0 Å². The second-order valence-corrected chi connectivity index (χ2v) is 16.5. The average molecular weight is 735 g/mol. The van der Waals surface area contributed by atoms with Crippen LogP contribution in [0.2, 0.25) is 0 Å². The first-order valence-electron chi connectivity index (χ1n) is 18.8. The summed E-state index contributed by atoms with van der Waals surface area (Å²) in [5.41, 5.74) is 12.7. The molecule has 4 heteroatoms. The van der Waals surface area contributed by atoms with E-state index in [9.17, 15) is 0 Å². The van der Waals surface area contributed by atoms with Gasteiger partial charge in [0, 0.05) is 56.1 Å². The van der Waals surface area contributed by atoms with E-state index in [-0.39, 0.29) is 0 Å². The predicted octanol–water partition coefficient (Wildman–Crippen LogP) is 13.9. The summed E-state index contributed by atoms with van der Waals surface area (Å²) in [4.78, 5) is 10.3. The molecular weight excluding hydrogens is 693 g/mol. The molecule has 0 spiro atoms. The molecule has 0 bridgehead atoms. The maximum atomic E-state index is 2.58. The van der Waals surface area contributed by atoms with E-state index in [2.05, 4.69) is 206 Å². The number of thiophene rings is 2. The van der Waals surface area contributed by atoms with Crippen molar-refractivity contribution in [3.05, 3.63) is 182 Å². The maximum Gasteiger partial charge on any atom is 0.0438 e. The molecular formula is C50H42N2S2. The van der Waals surface area contributed by atoms with E-state index in [0.717, 1.165) is 13.1 Å². The van der Waals surface area contributed by atoms with Gasteiger partial charge in [-0.3, -0.25) is 0 Å². The molecule has 1 aliphatic heterocycles. The van der Waals surface area contributed by atoms with Crippen LogP contribution in [-0.2, 0) is 0 Å². The van der Waals surface area contributed by atoms with Crippen LogP contribution in [-0.4, -0.2) is 25.2 Å². The summed E-state index contributed by atoms with van der Waals surface area (Å²) in [6.45, 7) is 6.69. The predicted molar refractivity (Wildman–Crippen MR) is 235 cm³/mol. The standard InChI is InChI=1S/C50H42N2S2/c1-35-33-52(46-27-23-44(24-28-46)50-32-30-48(54-50)42-19-15-40(16-20-42)38-11-7-4-8-12-38)36(2)34-51(35)45-25-21-43(22-26-45)49-31-29-47(53-49)41-17-13-39(14-18-41)37-9-5-3-6-10-37/h3-32,35-36H,33-34H2,1-2H3. The van der Waals surface area contributed by atoms with Crippen molar-refractivity contribution in [1.82, 2.24) is 0 Å². The quantitative estimate of drug-likeness (QED) is 0.153. The molecule has 264 valence electrons. The number of hydrogen-bond acceptors (Lipinski definition) is 4. The van der Waals surface area contributed by atoms with Crippen LogP contribution >= 0.6 is 22.7 Å². The first-order chi connectivity index (χ1) is 26.6. The summed E-state index contributed by atoms with van der Waals surface area (Å²) in [5, 5.41) is 0. The van der Waals surface area contributed by atoms with E-state index in [1.54, 1.807) is 0 Å². The van der Waals surface area contributed by atoms with E-state index in [1.807, 2.05) is 22.7 Å². The minimum absolute atomic E-state index is 0.395. The number of anilines is 2. The summed E-state index contributed by atoms with van der Waals surface area (Å²) in [5.74, 6) is 0. The zero-order valence-electron chi connectivity index (χ0n) is 30.6. The van der Waals surface area contributed by atoms with Crippen molar-refractivity contribution >= 4 is 34.0 Å². The van der Waals surface area contributed by atoms with Crippen molar-refractivity contribution in [3.63, 3.8) is 0 Å². The van der Waals surface area contributed by atoms with Gasteiger partial charge < -0.3 is 9.80 Å². The number of piperazine rings is 1. The van der Waals surface area contributed by atoms with Crippen molar-refractivity contribution in [2.24, 2.45) is 0 Å². The average Bonchev–Trinajstić information content (AvgIpc) is 3.94. The molecule has 6 aromatic carbocycles. The second kappa shape index (κ2) is 15.0. The molecule has 54 heavy (non-hydrogen) atoms. The normalized spacial score (nSPS) is 15.7. The summed E-state index contributed by atoms with van der Waals surface area (Å²) in [6, 6.07) is 67.2. The lowest BCUT2D eigenvalue weighted by Crippen LogP contribution is -2.56. The highest BCUT2D eigenvalue weighted by Gasteiger charge is 2.29. The van der Waals surface area contributed by atoms with Gasteiger partial charge in [0.15, 0.2) is 0 Å². The monoisotopic (exact) mass is 734 g/mol. The molecule has 0 radical (unpaired) electrons. The van der Waals surface area contributed by atoms with Gasteiger partial charge in [-0.25, -0.2) is 0 Å². The summed E-state index contributed by atoms with van der Waals surface area (Å²) < 4.78 is 0. The molecule has 1 fully saturated rings. The van der Waals surface area contributed by atoms with Crippen molar-refractivity contribution in [1.29, 1.82) is 0 Å². The molecule has 0 amide bonds. The molecule has 3 heterocycles. The maximum absolute atomic E-state index is 2.58. The van der Waals surface area contributed by atoms with Gasteiger partial charge in [-0.2, -0.15) is 0 Å². The number of nitrogens with zero attached hydrogens (tertiary/aromatic N) is 2. The fourth-order valence-corrected chi connectivity index (χ4v) is 9.73. The minimum atomic E-state index is 0.395. The molecule has 1 saturated heterocycles. The minimum Gasteiger partial charge on any atom is -0.365 e. The van der Waals surface area contributed by atoms with Gasteiger partial charge in [0.25, 0.3) is 0 Å². The SMILES string of the molecule is CC1CN(c2ccc(-c3ccc(-c4ccc(-c5ccccc5)cc4)s3)cc2)C(C)CN1c1ccc(-c2ccc(-c3ccc(-c4ccccc4)cc3)s2)cc1. The van der Waals surface area contributed by atoms with Crippen LogP contribution in [0.1, 0.15) is 13.8 Å². The van der Waals surface area contributed by atoms with Crippen molar-refractivity contribution in [2.75, 3.05) is 22.9 Å². The number of benzene rings is 6. The molecule has 0 aliphatic carbocycles. The van der Waals surface area contributed by atoms with E-state index in [1.165, 1.54) is 75.4 Å². The third-order valence-corrected chi connectivity index (χ3v) is 13.1. The van der Waals surface area contributed by atoms with Crippen LogP contribution in [0, 0.1) is 0 Å². The van der Waals surface area contributed by atoms with E-state index in [0.29, 0.717) is 12.1 Å². The summed E-state index contributed by atoms with van der Waals surface area (Å²) >= 11 is 3.72. The fraction of sp³-hybridized carbons (Fsp3) is 0.120. The zero-order chi connectivity index (χ0) is 36.4. The van der Waals surface area contributed by atoms with Crippen LogP contribution in [0.5, 0.6) is 0 Å². The first-order valence-corrected chi connectivity index (χ1v) is 20.4. The molecule has 0 N–H and O–H groups in total. The van der Waals surface area contributed by atoms with Crippen molar-refractivity contribution in [3.8, 4) is 64.0 Å². The Bertz CT molecular complexity index is 2270. The van der Waals surface area contributed by atoms with Crippen LogP contribution in [0.4, 0.5) is 11.4 Å². The van der Waals surface area contributed by atoms with Gasteiger partial charge in [0.05, 0.1) is 0 Å². The Balaban J connectivity index is 0.832. The van der Waals surface area contributed by atoms with Gasteiger partial charge in [0.2, 0.25) is 0 Å². The lowest BCUT2D eigenvalue weighted by atomic mass is 10.0. The molecule has 2 aromatic heterocycles. The largest absolute Gasteiger partial charge is 0.365 e. The third-order valence-electron chi connectivity index (χ3n) is 10.7. The number of rotatable bonds is 8. The van der Waals surface area contributed by atoms with Crippen LogP contribution in [0.25, 0.3) is 64.0 Å². The molecule has 2 nitrogen and oxygen atoms in total. The third kappa shape index (κ3) is 7.03. The fourth-order valence-electron chi connectivity index (χ4n) is 7.69. The van der Waals surface area contributed by atoms with E-state index in [4.69, 9.17) is 0 Å². The second-order valence-electron chi connectivity index (χ2n) is 14.3. The van der Waals surface area contributed by atoms with Gasteiger partial charge in [0.1, 0.15) is 0 Å². The zero-order valence-corrected chi connectivity index (χ0v) is 32.2. The Morgan fingerprint density at radius 2 is 0.574 bits per heavy atom. The Morgan fingerprint density at radius 3 is 0.889 bits per heavy atom. The van der Waals surface area contributed by atoms with Crippen LogP contribution in [0.3, 0.4) is 0 Å². The lowest BCUT2D eigenvalue weighted by Gasteiger charge is -2.46.